The molecule has 0 saturated heterocycles. The van der Waals surface area contributed by atoms with E-state index in [2.05, 4.69) is 10.1 Å². The van der Waals surface area contributed by atoms with Gasteiger partial charge in [-0.2, -0.15) is 4.98 Å². The van der Waals surface area contributed by atoms with Gasteiger partial charge in [0.2, 0.25) is 5.89 Å². The summed E-state index contributed by atoms with van der Waals surface area (Å²) < 4.78 is 10.4. The Balaban J connectivity index is 2.09. The molecule has 1 N–H and O–H groups in total. The van der Waals surface area contributed by atoms with Crippen LogP contribution < -0.4 is 4.74 Å². The standard InChI is InChI=1S/C15H20N2O3/c1-4-13(18)10(2)15-16-14(17-20-15)9-11-6-5-7-12(8-11)19-3/h5-8,10,13,18H,4,9H2,1-3H3. The number of ether oxygens (including phenoxy) is 1. The van der Waals surface area contributed by atoms with E-state index in [4.69, 9.17) is 9.26 Å². The van der Waals surface area contributed by atoms with Crippen LogP contribution in [0.25, 0.3) is 0 Å². The van der Waals surface area contributed by atoms with Gasteiger partial charge in [0.1, 0.15) is 5.75 Å². The molecule has 0 saturated carbocycles. The molecular formula is C15H20N2O3. The smallest absolute Gasteiger partial charge is 0.232 e. The predicted octanol–water partition coefficient (Wildman–Crippen LogP) is 2.54. The normalized spacial score (nSPS) is 14.0. The van der Waals surface area contributed by atoms with Crippen LogP contribution in [0.1, 0.15) is 43.5 Å². The van der Waals surface area contributed by atoms with E-state index in [1.807, 2.05) is 38.1 Å². The number of hydrogen-bond donors (Lipinski definition) is 1. The molecule has 0 aliphatic rings. The molecule has 1 heterocycles. The lowest BCUT2D eigenvalue weighted by molar-refractivity contribution is 0.129. The minimum Gasteiger partial charge on any atom is -0.497 e. The Morgan fingerprint density at radius 1 is 1.40 bits per heavy atom. The molecule has 2 atom stereocenters. The van der Waals surface area contributed by atoms with Gasteiger partial charge in [0.15, 0.2) is 5.82 Å². The Morgan fingerprint density at radius 3 is 2.90 bits per heavy atom. The van der Waals surface area contributed by atoms with Crippen LogP contribution in [-0.4, -0.2) is 28.5 Å². The maximum absolute atomic E-state index is 9.80. The van der Waals surface area contributed by atoms with E-state index >= 15 is 0 Å². The third kappa shape index (κ3) is 3.36. The molecule has 2 rings (SSSR count). The van der Waals surface area contributed by atoms with Crippen molar-refractivity contribution in [1.82, 2.24) is 10.1 Å². The first-order valence-corrected chi connectivity index (χ1v) is 6.77. The van der Waals surface area contributed by atoms with Crippen molar-refractivity contribution in [3.8, 4) is 5.75 Å². The van der Waals surface area contributed by atoms with Crippen LogP contribution in [0.4, 0.5) is 0 Å². The molecular weight excluding hydrogens is 256 g/mol. The number of aliphatic hydroxyl groups is 1. The summed E-state index contributed by atoms with van der Waals surface area (Å²) in [4.78, 5) is 4.35. The summed E-state index contributed by atoms with van der Waals surface area (Å²) in [5.41, 5.74) is 1.06. The van der Waals surface area contributed by atoms with Crippen molar-refractivity contribution in [3.63, 3.8) is 0 Å². The topological polar surface area (TPSA) is 68.4 Å². The van der Waals surface area contributed by atoms with Crippen LogP contribution in [0.15, 0.2) is 28.8 Å². The third-order valence-corrected chi connectivity index (χ3v) is 3.37. The van der Waals surface area contributed by atoms with E-state index in [0.29, 0.717) is 24.6 Å². The molecule has 0 spiro atoms. The predicted molar refractivity (Wildman–Crippen MR) is 74.8 cm³/mol. The molecule has 1 aromatic heterocycles. The molecule has 0 bridgehead atoms. The van der Waals surface area contributed by atoms with Gasteiger partial charge in [0.05, 0.1) is 19.1 Å². The molecule has 2 aromatic rings. The number of nitrogens with zero attached hydrogens (tertiary/aromatic N) is 2. The molecule has 0 fully saturated rings. The van der Waals surface area contributed by atoms with Crippen LogP contribution in [0, 0.1) is 0 Å². The number of aliphatic hydroxyl groups excluding tert-OH is 1. The molecule has 5 nitrogen and oxygen atoms in total. The average molecular weight is 276 g/mol. The summed E-state index contributed by atoms with van der Waals surface area (Å²) in [7, 11) is 1.64. The fraction of sp³-hybridized carbons (Fsp3) is 0.467. The van der Waals surface area contributed by atoms with Crippen molar-refractivity contribution in [2.24, 2.45) is 0 Å². The molecule has 0 aliphatic heterocycles. The van der Waals surface area contributed by atoms with Crippen LogP contribution in [-0.2, 0) is 6.42 Å². The number of hydrogen-bond acceptors (Lipinski definition) is 5. The van der Waals surface area contributed by atoms with Gasteiger partial charge in [-0.25, -0.2) is 0 Å². The lowest BCUT2D eigenvalue weighted by Crippen LogP contribution is -2.14. The van der Waals surface area contributed by atoms with Gasteiger partial charge in [-0.05, 0) is 24.1 Å². The Bertz CT molecular complexity index is 554. The SMILES string of the molecule is CCC(O)C(C)c1nc(Cc2cccc(OC)c2)no1. The minimum atomic E-state index is -0.458. The highest BCUT2D eigenvalue weighted by Gasteiger charge is 2.20. The van der Waals surface area contributed by atoms with E-state index < -0.39 is 6.10 Å². The maximum Gasteiger partial charge on any atom is 0.232 e. The number of rotatable bonds is 6. The van der Waals surface area contributed by atoms with Gasteiger partial charge in [-0.15, -0.1) is 0 Å². The Kier molecular flexibility index (Phi) is 4.74. The fourth-order valence-corrected chi connectivity index (χ4v) is 2.01. The summed E-state index contributed by atoms with van der Waals surface area (Å²) in [5.74, 6) is 1.76. The molecule has 20 heavy (non-hydrogen) atoms. The lowest BCUT2D eigenvalue weighted by atomic mass is 10.0. The van der Waals surface area contributed by atoms with Gasteiger partial charge < -0.3 is 14.4 Å². The van der Waals surface area contributed by atoms with Crippen molar-refractivity contribution < 1.29 is 14.4 Å². The molecule has 108 valence electrons. The lowest BCUT2D eigenvalue weighted by Gasteiger charge is -2.11. The zero-order valence-corrected chi connectivity index (χ0v) is 12.0. The summed E-state index contributed by atoms with van der Waals surface area (Å²) in [6, 6.07) is 7.76. The first-order valence-electron chi connectivity index (χ1n) is 6.77. The Morgan fingerprint density at radius 2 is 2.20 bits per heavy atom. The summed E-state index contributed by atoms with van der Waals surface area (Å²) >= 11 is 0. The fourth-order valence-electron chi connectivity index (χ4n) is 2.01. The van der Waals surface area contributed by atoms with Gasteiger partial charge in [0, 0.05) is 6.42 Å². The third-order valence-electron chi connectivity index (χ3n) is 3.37. The number of aromatic nitrogens is 2. The second kappa shape index (κ2) is 6.52. The molecule has 1 aromatic carbocycles. The van der Waals surface area contributed by atoms with Crippen molar-refractivity contribution in [3.05, 3.63) is 41.5 Å². The monoisotopic (exact) mass is 276 g/mol. The van der Waals surface area contributed by atoms with Gasteiger partial charge in [0.25, 0.3) is 0 Å². The van der Waals surface area contributed by atoms with Crippen molar-refractivity contribution >= 4 is 0 Å². The minimum absolute atomic E-state index is 0.147. The van der Waals surface area contributed by atoms with E-state index in [9.17, 15) is 5.11 Å². The quantitative estimate of drug-likeness (QED) is 0.878. The number of methoxy groups -OCH3 is 1. The molecule has 0 radical (unpaired) electrons. The average Bonchev–Trinajstić information content (AvgIpc) is 2.94. The highest BCUT2D eigenvalue weighted by molar-refractivity contribution is 5.30. The first-order chi connectivity index (χ1) is 9.63. The largest absolute Gasteiger partial charge is 0.497 e. The van der Waals surface area contributed by atoms with E-state index in [0.717, 1.165) is 11.3 Å². The highest BCUT2D eigenvalue weighted by Crippen LogP contribution is 2.20. The molecule has 0 aliphatic carbocycles. The van der Waals surface area contributed by atoms with Crippen molar-refractivity contribution in [2.75, 3.05) is 7.11 Å². The van der Waals surface area contributed by atoms with Crippen LogP contribution in [0.5, 0.6) is 5.75 Å². The summed E-state index contributed by atoms with van der Waals surface area (Å²) in [6.45, 7) is 3.81. The maximum atomic E-state index is 9.80. The Hall–Kier alpha value is -1.88. The zero-order valence-electron chi connectivity index (χ0n) is 12.0. The summed E-state index contributed by atoms with van der Waals surface area (Å²) in [6.07, 6.45) is 0.782. The second-order valence-electron chi connectivity index (χ2n) is 4.84. The van der Waals surface area contributed by atoms with E-state index in [-0.39, 0.29) is 5.92 Å². The number of benzene rings is 1. The van der Waals surface area contributed by atoms with Crippen LogP contribution in [0.3, 0.4) is 0 Å². The highest BCUT2D eigenvalue weighted by atomic mass is 16.5. The zero-order chi connectivity index (χ0) is 14.5. The molecule has 5 heteroatoms. The van der Waals surface area contributed by atoms with Crippen molar-refractivity contribution in [2.45, 2.75) is 38.7 Å². The van der Waals surface area contributed by atoms with Gasteiger partial charge >= 0.3 is 0 Å². The Labute approximate surface area is 118 Å². The first kappa shape index (κ1) is 14.5. The second-order valence-corrected chi connectivity index (χ2v) is 4.84. The van der Waals surface area contributed by atoms with Crippen LogP contribution in [0.2, 0.25) is 0 Å². The van der Waals surface area contributed by atoms with Gasteiger partial charge in [-0.3, -0.25) is 0 Å². The van der Waals surface area contributed by atoms with E-state index in [1.54, 1.807) is 7.11 Å². The van der Waals surface area contributed by atoms with E-state index in [1.165, 1.54) is 0 Å². The molecule has 2 unspecified atom stereocenters. The van der Waals surface area contributed by atoms with Gasteiger partial charge in [-0.1, -0.05) is 31.1 Å². The van der Waals surface area contributed by atoms with Crippen molar-refractivity contribution in [1.29, 1.82) is 0 Å². The summed E-state index contributed by atoms with van der Waals surface area (Å²) in [5, 5.41) is 13.8. The van der Waals surface area contributed by atoms with Crippen LogP contribution >= 0.6 is 0 Å². The molecule has 0 amide bonds.